The zero-order chi connectivity index (χ0) is 12.1. The Morgan fingerprint density at radius 3 is 2.69 bits per heavy atom. The van der Waals surface area contributed by atoms with Crippen LogP contribution in [0.4, 0.5) is 14.5 Å². The maximum absolute atomic E-state index is 13.2. The van der Waals surface area contributed by atoms with Gasteiger partial charge in [0.25, 0.3) is 0 Å². The first-order valence-electron chi connectivity index (χ1n) is 4.19. The molecule has 0 fully saturated rings. The minimum atomic E-state index is -1.11. The number of nitro benzene ring substituents is 1. The molecule has 8 heteroatoms. The molecule has 0 unspecified atom stereocenters. The molecule has 0 saturated heterocycles. The molecule has 0 amide bonds. The van der Waals surface area contributed by atoms with E-state index in [1.54, 1.807) is 0 Å². The number of halogens is 2. The highest BCUT2D eigenvalue weighted by Crippen LogP contribution is 2.21. The molecular formula is C8H6F2N4O2. The number of hydrogen-bond acceptors (Lipinski definition) is 3. The second-order valence-corrected chi connectivity index (χ2v) is 2.86. The molecule has 0 heterocycles. The van der Waals surface area contributed by atoms with Gasteiger partial charge in [-0.1, -0.05) is 5.11 Å². The fourth-order valence-electron chi connectivity index (χ4n) is 1.12. The van der Waals surface area contributed by atoms with Gasteiger partial charge in [-0.05, 0) is 23.6 Å². The molecule has 0 saturated carbocycles. The molecule has 0 aliphatic carbocycles. The Morgan fingerprint density at radius 1 is 1.44 bits per heavy atom. The Morgan fingerprint density at radius 2 is 2.12 bits per heavy atom. The Balaban J connectivity index is 3.00. The third-order valence-electron chi connectivity index (χ3n) is 1.86. The molecule has 0 aromatic heterocycles. The van der Waals surface area contributed by atoms with Crippen molar-refractivity contribution in [1.29, 1.82) is 0 Å². The van der Waals surface area contributed by atoms with Gasteiger partial charge in [-0.2, -0.15) is 4.39 Å². The maximum atomic E-state index is 13.2. The quantitative estimate of drug-likeness (QED) is 0.260. The Bertz CT molecular complexity index is 471. The number of rotatable bonds is 4. The molecule has 0 bridgehead atoms. The highest BCUT2D eigenvalue weighted by Gasteiger charge is 2.17. The Hall–Kier alpha value is -2.21. The SMILES string of the molecule is [N-]=[N+]=NCCc1cc(F)c([N+](=O)[O-])cc1F. The molecule has 0 N–H and O–H groups in total. The monoisotopic (exact) mass is 228 g/mol. The van der Waals surface area contributed by atoms with Crippen molar-refractivity contribution in [2.24, 2.45) is 5.11 Å². The smallest absolute Gasteiger partial charge is 0.258 e. The van der Waals surface area contributed by atoms with Crippen LogP contribution in [0.25, 0.3) is 10.4 Å². The van der Waals surface area contributed by atoms with Crippen molar-refractivity contribution >= 4 is 5.69 Å². The van der Waals surface area contributed by atoms with E-state index in [2.05, 4.69) is 10.0 Å². The number of benzene rings is 1. The number of nitro groups is 1. The average molecular weight is 228 g/mol. The van der Waals surface area contributed by atoms with Crippen molar-refractivity contribution in [1.82, 2.24) is 0 Å². The average Bonchev–Trinajstić information content (AvgIpc) is 2.22. The van der Waals surface area contributed by atoms with Gasteiger partial charge in [-0.25, -0.2) is 4.39 Å². The molecule has 0 spiro atoms. The van der Waals surface area contributed by atoms with Crippen LogP contribution in [-0.4, -0.2) is 11.5 Å². The first-order valence-corrected chi connectivity index (χ1v) is 4.19. The summed E-state index contributed by atoms with van der Waals surface area (Å²) in [6.07, 6.45) is -0.00912. The molecular weight excluding hydrogens is 222 g/mol. The lowest BCUT2D eigenvalue weighted by Crippen LogP contribution is -1.99. The lowest BCUT2D eigenvalue weighted by atomic mass is 10.1. The van der Waals surface area contributed by atoms with Gasteiger partial charge in [-0.3, -0.25) is 10.1 Å². The van der Waals surface area contributed by atoms with Crippen LogP contribution in [0.5, 0.6) is 0 Å². The van der Waals surface area contributed by atoms with Crippen LogP contribution in [0.1, 0.15) is 5.56 Å². The van der Waals surface area contributed by atoms with E-state index in [4.69, 9.17) is 5.53 Å². The molecule has 0 aliphatic rings. The number of azide groups is 1. The van der Waals surface area contributed by atoms with Crippen molar-refractivity contribution in [3.8, 4) is 0 Å². The van der Waals surface area contributed by atoms with Gasteiger partial charge in [0.05, 0.1) is 11.0 Å². The van der Waals surface area contributed by atoms with Gasteiger partial charge in [0.2, 0.25) is 5.82 Å². The summed E-state index contributed by atoms with van der Waals surface area (Å²) in [6.45, 7) is -0.0370. The first kappa shape index (κ1) is 11.9. The summed E-state index contributed by atoms with van der Waals surface area (Å²) >= 11 is 0. The second kappa shape index (κ2) is 5.04. The fraction of sp³-hybridized carbons (Fsp3) is 0.250. The topological polar surface area (TPSA) is 91.9 Å². The third kappa shape index (κ3) is 2.64. The summed E-state index contributed by atoms with van der Waals surface area (Å²) in [5.41, 5.74) is 7.01. The van der Waals surface area contributed by atoms with Gasteiger partial charge in [0.15, 0.2) is 0 Å². The summed E-state index contributed by atoms with van der Waals surface area (Å²) < 4.78 is 26.3. The van der Waals surface area contributed by atoms with Crippen LogP contribution in [0.3, 0.4) is 0 Å². The summed E-state index contributed by atoms with van der Waals surface area (Å²) in [5.74, 6) is -2.00. The van der Waals surface area contributed by atoms with Gasteiger partial charge < -0.3 is 0 Å². The molecule has 84 valence electrons. The summed E-state index contributed by atoms with van der Waals surface area (Å²) in [6, 6.07) is 1.25. The van der Waals surface area contributed by atoms with Crippen molar-refractivity contribution < 1.29 is 13.7 Å². The van der Waals surface area contributed by atoms with Crippen LogP contribution >= 0.6 is 0 Å². The molecule has 16 heavy (non-hydrogen) atoms. The minimum Gasteiger partial charge on any atom is -0.258 e. The van der Waals surface area contributed by atoms with E-state index < -0.39 is 22.2 Å². The van der Waals surface area contributed by atoms with E-state index in [9.17, 15) is 18.9 Å². The zero-order valence-corrected chi connectivity index (χ0v) is 7.93. The largest absolute Gasteiger partial charge is 0.307 e. The third-order valence-corrected chi connectivity index (χ3v) is 1.86. The van der Waals surface area contributed by atoms with Crippen LogP contribution in [0.15, 0.2) is 17.2 Å². The minimum absolute atomic E-state index is 0.00912. The van der Waals surface area contributed by atoms with Crippen molar-refractivity contribution in [3.63, 3.8) is 0 Å². The predicted octanol–water partition coefficient (Wildman–Crippen LogP) is 2.73. The highest BCUT2D eigenvalue weighted by molar-refractivity contribution is 5.36. The standard InChI is InChI=1S/C8H6F2N4O2/c9-6-4-8(14(15)16)7(10)3-5(6)1-2-12-13-11/h3-4H,1-2H2. The highest BCUT2D eigenvalue weighted by atomic mass is 19.1. The van der Waals surface area contributed by atoms with E-state index in [0.29, 0.717) is 6.07 Å². The summed E-state index contributed by atoms with van der Waals surface area (Å²) in [7, 11) is 0. The van der Waals surface area contributed by atoms with Crippen LogP contribution in [-0.2, 0) is 6.42 Å². The fourth-order valence-corrected chi connectivity index (χ4v) is 1.12. The van der Waals surface area contributed by atoms with Crippen molar-refractivity contribution in [2.45, 2.75) is 6.42 Å². The normalized spacial score (nSPS) is 9.62. The molecule has 1 aromatic rings. The van der Waals surface area contributed by atoms with Gasteiger partial charge in [-0.15, -0.1) is 0 Å². The van der Waals surface area contributed by atoms with Gasteiger partial charge in [0.1, 0.15) is 5.82 Å². The zero-order valence-electron chi connectivity index (χ0n) is 7.93. The van der Waals surface area contributed by atoms with E-state index in [1.807, 2.05) is 0 Å². The summed E-state index contributed by atoms with van der Waals surface area (Å²) in [5, 5.41) is 13.4. The van der Waals surface area contributed by atoms with E-state index in [-0.39, 0.29) is 18.5 Å². The molecule has 6 nitrogen and oxygen atoms in total. The van der Waals surface area contributed by atoms with Gasteiger partial charge >= 0.3 is 5.69 Å². The number of nitrogens with zero attached hydrogens (tertiary/aromatic N) is 4. The number of hydrogen-bond donors (Lipinski definition) is 0. The predicted molar refractivity (Wildman–Crippen MR) is 50.7 cm³/mol. The van der Waals surface area contributed by atoms with E-state index in [1.165, 1.54) is 0 Å². The molecule has 1 rings (SSSR count). The van der Waals surface area contributed by atoms with E-state index in [0.717, 1.165) is 6.07 Å². The Kier molecular flexibility index (Phi) is 3.73. The van der Waals surface area contributed by atoms with Crippen LogP contribution in [0.2, 0.25) is 0 Å². The Labute approximate surface area is 88.3 Å². The lowest BCUT2D eigenvalue weighted by Gasteiger charge is -2.01. The van der Waals surface area contributed by atoms with Crippen molar-refractivity contribution in [2.75, 3.05) is 6.54 Å². The van der Waals surface area contributed by atoms with Crippen molar-refractivity contribution in [3.05, 3.63) is 49.9 Å². The molecule has 0 atom stereocenters. The summed E-state index contributed by atoms with van der Waals surface area (Å²) in [4.78, 5) is 11.7. The molecule has 0 radical (unpaired) electrons. The first-order chi connectivity index (χ1) is 7.56. The van der Waals surface area contributed by atoms with Gasteiger partial charge in [0, 0.05) is 11.5 Å². The van der Waals surface area contributed by atoms with E-state index >= 15 is 0 Å². The lowest BCUT2D eigenvalue weighted by molar-refractivity contribution is -0.387. The van der Waals surface area contributed by atoms with Crippen LogP contribution in [0, 0.1) is 21.7 Å². The maximum Gasteiger partial charge on any atom is 0.307 e. The molecule has 0 aliphatic heterocycles. The second-order valence-electron chi connectivity index (χ2n) is 2.86. The van der Waals surface area contributed by atoms with Crippen LogP contribution < -0.4 is 0 Å². The molecule has 1 aromatic carbocycles.